The SMILES string of the molecule is CC.CC1/C=C\C=C/Cc2ccccc2N1c1ccc2c(c1)C=Cc1cc(-c3cccc4c3oc3ccccc34)ccc1N2c1ccc(-c2ccc3c4ccccc4c4ccccc4c3c2)cc1. The molecule has 0 aliphatic carbocycles. The van der Waals surface area contributed by atoms with Crippen LogP contribution in [-0.4, -0.2) is 6.04 Å². The summed E-state index contributed by atoms with van der Waals surface area (Å²) in [6, 6.07) is 71.2. The van der Waals surface area contributed by atoms with E-state index in [0.29, 0.717) is 0 Å². The van der Waals surface area contributed by atoms with Crippen LogP contribution in [0.2, 0.25) is 0 Å². The van der Waals surface area contributed by atoms with Crippen molar-refractivity contribution in [3.63, 3.8) is 0 Å². The number of rotatable bonds is 4. The lowest BCUT2D eigenvalue weighted by Crippen LogP contribution is -2.27. The Balaban J connectivity index is 0.00000237. The van der Waals surface area contributed by atoms with Crippen LogP contribution in [0.25, 0.3) is 88.7 Å². The Morgan fingerprint density at radius 2 is 1.03 bits per heavy atom. The molecule has 1 unspecified atom stereocenters. The zero-order chi connectivity index (χ0) is 45.7. The van der Waals surface area contributed by atoms with Gasteiger partial charge in [0.05, 0.1) is 11.4 Å². The molecule has 0 amide bonds. The standard InChI is InChI=1S/C63H44N2O.C2H6/c1-41-14-3-2-4-15-43-16-5-11-24-59(43)64(41)49-34-37-61-47(39-49)27-26-46-38-45(50-22-13-23-57-56-21-10-12-25-62(56)66-63(50)57)31-36-60(46)65(61)48-32-28-42(29-33-48)44-30-35-55-53-19-7-6-17-51(53)52-18-8-9-20-54(52)58(55)40-44;1-2/h2-14,16-41H,15H2,1H3;1-2H3/b4-2-,14-3-;. The van der Waals surface area contributed by atoms with Gasteiger partial charge in [-0.25, -0.2) is 0 Å². The summed E-state index contributed by atoms with van der Waals surface area (Å²) in [5.74, 6) is 0. The van der Waals surface area contributed by atoms with Gasteiger partial charge < -0.3 is 14.2 Å². The first-order valence-corrected chi connectivity index (χ1v) is 24.0. The molecule has 13 rings (SSSR count). The molecule has 1 atom stereocenters. The molecule has 68 heavy (non-hydrogen) atoms. The summed E-state index contributed by atoms with van der Waals surface area (Å²) in [5, 5.41) is 9.96. The molecule has 326 valence electrons. The van der Waals surface area contributed by atoms with Crippen molar-refractivity contribution in [1.82, 2.24) is 0 Å². The number of hydrogen-bond donors (Lipinski definition) is 0. The van der Waals surface area contributed by atoms with E-state index in [1.807, 2.05) is 19.9 Å². The number of furan rings is 1. The van der Waals surface area contributed by atoms with Crippen molar-refractivity contribution in [2.75, 3.05) is 9.80 Å². The van der Waals surface area contributed by atoms with Gasteiger partial charge >= 0.3 is 0 Å². The van der Waals surface area contributed by atoms with Crippen LogP contribution in [0.3, 0.4) is 0 Å². The van der Waals surface area contributed by atoms with Gasteiger partial charge in [0, 0.05) is 45.0 Å². The minimum atomic E-state index is 0.137. The summed E-state index contributed by atoms with van der Waals surface area (Å²) in [5.41, 5.74) is 15.7. The maximum Gasteiger partial charge on any atom is 0.143 e. The lowest BCUT2D eigenvalue weighted by molar-refractivity contribution is 0.670. The van der Waals surface area contributed by atoms with Gasteiger partial charge in [0.25, 0.3) is 0 Å². The van der Waals surface area contributed by atoms with Gasteiger partial charge in [-0.15, -0.1) is 0 Å². The van der Waals surface area contributed by atoms with Crippen LogP contribution in [0.15, 0.2) is 223 Å². The van der Waals surface area contributed by atoms with Gasteiger partial charge in [-0.3, -0.25) is 0 Å². The quantitative estimate of drug-likeness (QED) is 0.164. The highest BCUT2D eigenvalue weighted by molar-refractivity contribution is 6.25. The van der Waals surface area contributed by atoms with Gasteiger partial charge in [0.2, 0.25) is 0 Å². The zero-order valence-corrected chi connectivity index (χ0v) is 38.5. The molecular weight excluding hydrogens is 825 g/mol. The van der Waals surface area contributed by atoms with Gasteiger partial charge in [0.1, 0.15) is 11.2 Å². The molecule has 10 aromatic carbocycles. The largest absolute Gasteiger partial charge is 0.455 e. The molecule has 0 N–H and O–H groups in total. The number of allylic oxidation sites excluding steroid dienone is 3. The van der Waals surface area contributed by atoms with Crippen LogP contribution in [0.4, 0.5) is 28.4 Å². The maximum atomic E-state index is 6.55. The first-order chi connectivity index (χ1) is 33.6. The smallest absolute Gasteiger partial charge is 0.143 e. The lowest BCUT2D eigenvalue weighted by atomic mass is 9.92. The van der Waals surface area contributed by atoms with E-state index in [4.69, 9.17) is 4.42 Å². The minimum Gasteiger partial charge on any atom is -0.455 e. The van der Waals surface area contributed by atoms with Crippen LogP contribution in [0.1, 0.15) is 37.5 Å². The number of para-hydroxylation sites is 3. The second-order valence-electron chi connectivity index (χ2n) is 17.6. The molecule has 0 spiro atoms. The van der Waals surface area contributed by atoms with Crippen molar-refractivity contribution < 1.29 is 4.42 Å². The van der Waals surface area contributed by atoms with Crippen LogP contribution < -0.4 is 9.80 Å². The van der Waals surface area contributed by atoms with E-state index >= 15 is 0 Å². The molecule has 0 radical (unpaired) electrons. The molecule has 3 heteroatoms. The Morgan fingerprint density at radius 3 is 1.79 bits per heavy atom. The monoisotopic (exact) mass is 874 g/mol. The molecule has 11 aromatic rings. The number of nitrogens with zero attached hydrogens (tertiary/aromatic N) is 2. The van der Waals surface area contributed by atoms with Gasteiger partial charge in [-0.2, -0.15) is 0 Å². The van der Waals surface area contributed by atoms with E-state index in [1.165, 1.54) is 54.7 Å². The van der Waals surface area contributed by atoms with Crippen LogP contribution in [0.5, 0.6) is 0 Å². The summed E-state index contributed by atoms with van der Waals surface area (Å²) in [7, 11) is 0. The Labute approximate surface area is 397 Å². The van der Waals surface area contributed by atoms with Crippen molar-refractivity contribution in [1.29, 1.82) is 0 Å². The molecule has 2 aliphatic rings. The number of fused-ring (bicyclic) bond motifs is 12. The topological polar surface area (TPSA) is 19.6 Å². The minimum absolute atomic E-state index is 0.137. The van der Waals surface area contributed by atoms with Crippen LogP contribution >= 0.6 is 0 Å². The van der Waals surface area contributed by atoms with Crippen LogP contribution in [0, 0.1) is 0 Å². The van der Waals surface area contributed by atoms with E-state index in [1.54, 1.807) is 0 Å². The normalized spacial score (nSPS) is 15.2. The molecular formula is C65H50N2O. The fourth-order valence-electron chi connectivity index (χ4n) is 10.6. The Kier molecular flexibility index (Phi) is 10.3. The number of benzene rings is 10. The third kappa shape index (κ3) is 6.89. The third-order valence-electron chi connectivity index (χ3n) is 13.8. The fraction of sp³-hybridized carbons (Fsp3) is 0.0769. The average molecular weight is 875 g/mol. The highest BCUT2D eigenvalue weighted by Crippen LogP contribution is 2.47. The van der Waals surface area contributed by atoms with Crippen molar-refractivity contribution >= 4 is 94.8 Å². The number of hydrogen-bond acceptors (Lipinski definition) is 3. The second-order valence-corrected chi connectivity index (χ2v) is 17.6. The molecule has 1 aromatic heterocycles. The van der Waals surface area contributed by atoms with Crippen molar-refractivity contribution in [2.45, 2.75) is 33.2 Å². The third-order valence-corrected chi connectivity index (χ3v) is 13.8. The highest BCUT2D eigenvalue weighted by Gasteiger charge is 2.25. The fourth-order valence-corrected chi connectivity index (χ4v) is 10.6. The predicted molar refractivity (Wildman–Crippen MR) is 292 cm³/mol. The Hall–Kier alpha value is -8.40. The van der Waals surface area contributed by atoms with Gasteiger partial charge in [-0.05, 0) is 134 Å². The molecule has 0 saturated carbocycles. The van der Waals surface area contributed by atoms with Crippen LogP contribution in [-0.2, 0) is 6.42 Å². The maximum absolute atomic E-state index is 6.55. The van der Waals surface area contributed by atoms with Crippen molar-refractivity contribution in [2.24, 2.45) is 0 Å². The highest BCUT2D eigenvalue weighted by atomic mass is 16.3. The second kappa shape index (κ2) is 17.1. The summed E-state index contributed by atoms with van der Waals surface area (Å²) in [6.07, 6.45) is 14.4. The summed E-state index contributed by atoms with van der Waals surface area (Å²) in [6.45, 7) is 6.28. The van der Waals surface area contributed by atoms with E-state index in [0.717, 1.165) is 73.4 Å². The van der Waals surface area contributed by atoms with Crippen molar-refractivity contribution in [3.05, 3.63) is 235 Å². The van der Waals surface area contributed by atoms with E-state index in [9.17, 15) is 0 Å². The molecule has 0 bridgehead atoms. The number of anilines is 5. The first kappa shape index (κ1) is 41.1. The summed E-state index contributed by atoms with van der Waals surface area (Å²) in [4.78, 5) is 4.91. The summed E-state index contributed by atoms with van der Waals surface area (Å²) >= 11 is 0. The average Bonchev–Trinajstić information content (AvgIpc) is 3.74. The van der Waals surface area contributed by atoms with Gasteiger partial charge in [0.15, 0.2) is 0 Å². The van der Waals surface area contributed by atoms with Crippen molar-refractivity contribution in [3.8, 4) is 22.3 Å². The molecule has 0 saturated heterocycles. The zero-order valence-electron chi connectivity index (χ0n) is 38.5. The van der Waals surface area contributed by atoms with Gasteiger partial charge in [-0.1, -0.05) is 184 Å². The Bertz CT molecular complexity index is 3790. The molecule has 0 fully saturated rings. The molecule has 2 aliphatic heterocycles. The van der Waals surface area contributed by atoms with E-state index in [2.05, 4.69) is 241 Å². The molecule has 3 nitrogen and oxygen atoms in total. The first-order valence-electron chi connectivity index (χ1n) is 24.0. The Morgan fingerprint density at radius 1 is 0.441 bits per heavy atom. The molecule has 3 heterocycles. The lowest BCUT2D eigenvalue weighted by Gasteiger charge is -2.33. The van der Waals surface area contributed by atoms with E-state index < -0.39 is 0 Å². The summed E-state index contributed by atoms with van der Waals surface area (Å²) < 4.78 is 6.55. The predicted octanol–water partition coefficient (Wildman–Crippen LogP) is 18.6. The van der Waals surface area contributed by atoms with E-state index in [-0.39, 0.29) is 6.04 Å².